The number of alkyl halides is 2. The lowest BCUT2D eigenvalue weighted by Gasteiger charge is -2.52. The Labute approximate surface area is 151 Å². The van der Waals surface area contributed by atoms with Crippen molar-refractivity contribution in [3.8, 4) is 6.07 Å². The second-order valence-corrected chi connectivity index (χ2v) is 7.30. The van der Waals surface area contributed by atoms with Gasteiger partial charge < -0.3 is 15.4 Å². The minimum atomic E-state index is -2.54. The van der Waals surface area contributed by atoms with E-state index in [1.165, 1.54) is 7.11 Å². The number of hydrogen-bond donors (Lipinski definition) is 2. The van der Waals surface area contributed by atoms with Gasteiger partial charge in [0.2, 0.25) is 5.92 Å². The van der Waals surface area contributed by atoms with E-state index in [-0.39, 0.29) is 24.3 Å². The lowest BCUT2D eigenvalue weighted by molar-refractivity contribution is -0.174. The molecular formula is C19H23F2N3O2. The molecule has 0 bridgehead atoms. The maximum atomic E-state index is 13.4. The highest BCUT2D eigenvalue weighted by atomic mass is 19.3. The van der Waals surface area contributed by atoms with Crippen LogP contribution in [0.3, 0.4) is 0 Å². The number of nitrogens with zero attached hydrogens (tertiary/aromatic N) is 1. The first-order valence-corrected chi connectivity index (χ1v) is 8.82. The van der Waals surface area contributed by atoms with E-state index in [9.17, 15) is 13.6 Å². The summed E-state index contributed by atoms with van der Waals surface area (Å²) in [7, 11) is 1.32. The van der Waals surface area contributed by atoms with Gasteiger partial charge >= 0.3 is 5.97 Å². The van der Waals surface area contributed by atoms with Gasteiger partial charge in [-0.1, -0.05) is 6.07 Å². The molecule has 1 heterocycles. The molecule has 1 aliphatic carbocycles. The predicted molar refractivity (Wildman–Crippen MR) is 93.1 cm³/mol. The number of ether oxygens (including phenoxy) is 1. The summed E-state index contributed by atoms with van der Waals surface area (Å²) in [5, 5.41) is 15.4. The van der Waals surface area contributed by atoms with Crippen molar-refractivity contribution in [1.82, 2.24) is 5.32 Å². The highest BCUT2D eigenvalue weighted by Crippen LogP contribution is 2.59. The van der Waals surface area contributed by atoms with Gasteiger partial charge in [0, 0.05) is 31.1 Å². The van der Waals surface area contributed by atoms with Gasteiger partial charge in [-0.15, -0.1) is 0 Å². The van der Waals surface area contributed by atoms with Crippen LogP contribution in [0.4, 0.5) is 14.5 Å². The zero-order valence-electron chi connectivity index (χ0n) is 14.8. The number of rotatable bonds is 5. The molecule has 1 unspecified atom stereocenters. The van der Waals surface area contributed by atoms with Gasteiger partial charge in [0.25, 0.3) is 0 Å². The summed E-state index contributed by atoms with van der Waals surface area (Å²) in [6.45, 7) is 1.14. The van der Waals surface area contributed by atoms with Crippen molar-refractivity contribution < 1.29 is 18.3 Å². The summed E-state index contributed by atoms with van der Waals surface area (Å²) in [6.07, 6.45) is 1.64. The molecule has 1 saturated heterocycles. The lowest BCUT2D eigenvalue weighted by atomic mass is 9.59. The van der Waals surface area contributed by atoms with E-state index in [4.69, 9.17) is 10.00 Å². The number of esters is 1. The first-order chi connectivity index (χ1) is 12.4. The fourth-order valence-corrected chi connectivity index (χ4v) is 4.22. The summed E-state index contributed by atoms with van der Waals surface area (Å²) in [5.74, 6) is -2.98. The number of benzene rings is 1. The maximum Gasteiger partial charge on any atom is 0.337 e. The monoisotopic (exact) mass is 363 g/mol. The summed E-state index contributed by atoms with van der Waals surface area (Å²) >= 11 is 0. The average molecular weight is 363 g/mol. The molecule has 1 aliphatic heterocycles. The molecule has 3 rings (SSSR count). The number of nitriles is 1. The van der Waals surface area contributed by atoms with E-state index in [0.717, 1.165) is 17.7 Å². The minimum Gasteiger partial charge on any atom is -0.465 e. The van der Waals surface area contributed by atoms with Crippen LogP contribution < -0.4 is 10.6 Å². The van der Waals surface area contributed by atoms with E-state index in [2.05, 4.69) is 16.7 Å². The van der Waals surface area contributed by atoms with E-state index in [0.29, 0.717) is 31.5 Å². The van der Waals surface area contributed by atoms with E-state index in [1.807, 2.05) is 6.07 Å². The smallest absolute Gasteiger partial charge is 0.337 e. The van der Waals surface area contributed by atoms with Crippen LogP contribution >= 0.6 is 0 Å². The topological polar surface area (TPSA) is 74.2 Å². The van der Waals surface area contributed by atoms with Gasteiger partial charge in [0.1, 0.15) is 0 Å². The van der Waals surface area contributed by atoms with Gasteiger partial charge in [-0.3, -0.25) is 0 Å². The number of carbonyl (C=O) groups is 1. The summed E-state index contributed by atoms with van der Waals surface area (Å²) in [4.78, 5) is 11.8. The Morgan fingerprint density at radius 3 is 2.88 bits per heavy atom. The van der Waals surface area contributed by atoms with Crippen LogP contribution in [0.2, 0.25) is 0 Å². The largest absolute Gasteiger partial charge is 0.465 e. The SMILES string of the molecule is COC(=O)c1ccc(C2CC3(CCN2)CC(F)(F)C3)c(NCCC#N)c1. The molecule has 5 nitrogen and oxygen atoms in total. The maximum absolute atomic E-state index is 13.4. The Bertz CT molecular complexity index is 722. The summed E-state index contributed by atoms with van der Waals surface area (Å²) < 4.78 is 31.7. The molecule has 140 valence electrons. The van der Waals surface area contributed by atoms with E-state index in [1.54, 1.807) is 12.1 Å². The van der Waals surface area contributed by atoms with Crippen LogP contribution in [0.25, 0.3) is 0 Å². The molecule has 26 heavy (non-hydrogen) atoms. The number of hydrogen-bond acceptors (Lipinski definition) is 5. The highest BCUT2D eigenvalue weighted by Gasteiger charge is 2.57. The van der Waals surface area contributed by atoms with Crippen molar-refractivity contribution in [2.24, 2.45) is 5.41 Å². The molecule has 1 atom stereocenters. The van der Waals surface area contributed by atoms with Crippen molar-refractivity contribution in [3.05, 3.63) is 29.3 Å². The quantitative estimate of drug-likeness (QED) is 0.617. The molecule has 1 aromatic rings. The molecule has 0 amide bonds. The zero-order valence-corrected chi connectivity index (χ0v) is 14.8. The van der Waals surface area contributed by atoms with E-state index < -0.39 is 11.9 Å². The fourth-order valence-electron chi connectivity index (χ4n) is 4.22. The Kier molecular flexibility index (Phi) is 5.15. The third kappa shape index (κ3) is 3.80. The van der Waals surface area contributed by atoms with E-state index >= 15 is 0 Å². The van der Waals surface area contributed by atoms with Gasteiger partial charge in [-0.25, -0.2) is 13.6 Å². The molecule has 2 aliphatic rings. The van der Waals surface area contributed by atoms with Crippen LogP contribution in [-0.2, 0) is 4.74 Å². The molecule has 0 radical (unpaired) electrons. The number of anilines is 1. The van der Waals surface area contributed by atoms with Gasteiger partial charge in [-0.2, -0.15) is 5.26 Å². The molecular weight excluding hydrogens is 340 g/mol. The third-order valence-electron chi connectivity index (χ3n) is 5.35. The van der Waals surface area contributed by atoms with Crippen LogP contribution in [-0.4, -0.2) is 32.1 Å². The second kappa shape index (κ2) is 7.20. The van der Waals surface area contributed by atoms with Crippen molar-refractivity contribution in [3.63, 3.8) is 0 Å². The van der Waals surface area contributed by atoms with Crippen LogP contribution in [0.1, 0.15) is 54.1 Å². The minimum absolute atomic E-state index is 0.0460. The molecule has 2 N–H and O–H groups in total. The second-order valence-electron chi connectivity index (χ2n) is 7.30. The molecule has 7 heteroatoms. The van der Waals surface area contributed by atoms with Crippen molar-refractivity contribution >= 4 is 11.7 Å². The Balaban J connectivity index is 1.83. The standard InChI is InChI=1S/C19H23F2N3O2/c1-26-17(25)13-3-4-14(15(9-13)23-7-2-6-22)16-10-18(5-8-24-16)11-19(20,21)12-18/h3-4,9,16,23-24H,2,5,7-8,10-12H2,1H3. The van der Waals surface area contributed by atoms with Crippen LogP contribution in [0, 0.1) is 16.7 Å². The predicted octanol–water partition coefficient (Wildman–Crippen LogP) is 3.64. The number of piperidine rings is 1. The molecule has 1 saturated carbocycles. The zero-order chi connectivity index (χ0) is 18.8. The normalized spacial score (nSPS) is 22.9. The first kappa shape index (κ1) is 18.6. The first-order valence-electron chi connectivity index (χ1n) is 8.82. The molecule has 1 spiro atoms. The number of methoxy groups -OCH3 is 1. The van der Waals surface area contributed by atoms with Gasteiger partial charge in [0.15, 0.2) is 0 Å². The van der Waals surface area contributed by atoms with Crippen LogP contribution in [0.15, 0.2) is 18.2 Å². The molecule has 2 fully saturated rings. The van der Waals surface area contributed by atoms with Crippen LogP contribution in [0.5, 0.6) is 0 Å². The molecule has 1 aromatic carbocycles. The van der Waals surface area contributed by atoms with Gasteiger partial charge in [-0.05, 0) is 42.5 Å². The average Bonchev–Trinajstić information content (AvgIpc) is 2.59. The lowest BCUT2D eigenvalue weighted by Crippen LogP contribution is -2.52. The highest BCUT2D eigenvalue weighted by molar-refractivity contribution is 5.90. The Morgan fingerprint density at radius 1 is 1.46 bits per heavy atom. The Morgan fingerprint density at radius 2 is 2.23 bits per heavy atom. The number of halogens is 2. The number of carbonyl (C=O) groups excluding carboxylic acids is 1. The molecule has 0 aromatic heterocycles. The van der Waals surface area contributed by atoms with Gasteiger partial charge in [0.05, 0.1) is 25.2 Å². The van der Waals surface area contributed by atoms with Crippen molar-refractivity contribution in [2.45, 2.75) is 44.1 Å². The third-order valence-corrected chi connectivity index (χ3v) is 5.35. The Hall–Kier alpha value is -2.20. The summed E-state index contributed by atoms with van der Waals surface area (Å²) in [5.41, 5.74) is 1.79. The number of nitrogens with one attached hydrogen (secondary N) is 2. The summed E-state index contributed by atoms with van der Waals surface area (Å²) in [6, 6.07) is 7.25. The fraction of sp³-hybridized carbons (Fsp3) is 0.579. The van der Waals surface area contributed by atoms with Crippen molar-refractivity contribution in [2.75, 3.05) is 25.5 Å². The van der Waals surface area contributed by atoms with Crippen molar-refractivity contribution in [1.29, 1.82) is 5.26 Å².